The molecule has 0 saturated carbocycles. The Morgan fingerprint density at radius 3 is 1.22 bits per heavy atom. The minimum Gasteiger partial charge on any atom is -1.00 e. The van der Waals surface area contributed by atoms with Gasteiger partial charge in [-0.2, -0.15) is 0 Å². The summed E-state index contributed by atoms with van der Waals surface area (Å²) in [6.45, 7) is 4.24. The Labute approximate surface area is 151 Å². The van der Waals surface area contributed by atoms with Gasteiger partial charge in [-0.3, -0.25) is 0 Å². The van der Waals surface area contributed by atoms with E-state index in [1.807, 2.05) is 12.1 Å². The molecule has 0 fully saturated rings. The zero-order valence-electron chi connectivity index (χ0n) is 10.4. The molecule has 0 saturated heterocycles. The van der Waals surface area contributed by atoms with Crippen LogP contribution in [0, 0.1) is 6.66 Å². The first-order valence-electron chi connectivity index (χ1n) is 4.58. The van der Waals surface area contributed by atoms with E-state index in [9.17, 15) is 0 Å². The maximum absolute atomic E-state index is 4.24. The Bertz CT molecular complexity index is 361. The first-order chi connectivity index (χ1) is 6.88. The monoisotopic (exact) mass is 300 g/mol. The van der Waals surface area contributed by atoms with Gasteiger partial charge in [0.25, 0.3) is 0 Å². The zero-order chi connectivity index (χ0) is 9.80. The zero-order valence-corrected chi connectivity index (χ0v) is 14.2. The molecule has 0 bridgehead atoms. The van der Waals surface area contributed by atoms with Crippen LogP contribution in [0.5, 0.6) is 0 Å². The molecule has 0 aliphatic carbocycles. The number of hydrogen-bond acceptors (Lipinski definition) is 0. The SMILES string of the molecule is [CH2-]P(c1ccccc1)c1ccccc1.[Cl-].[Cl-].[Li+].[Mg+2]. The largest absolute Gasteiger partial charge is 2.00 e. The average Bonchev–Trinajstić information content (AvgIpc) is 2.30. The fourth-order valence-electron chi connectivity index (χ4n) is 1.36. The number of rotatable bonds is 2. The standard InChI is InChI=1S/C13H12P.2ClH.Li.Mg/c1-14(12-8-4-2-5-9-12)13-10-6-3-7-11-13;;;;/h2-11H,1H2;2*1H;;/q-1;;;+1;+2/p-2. The van der Waals surface area contributed by atoms with E-state index in [0.29, 0.717) is 0 Å². The van der Waals surface area contributed by atoms with E-state index in [4.69, 9.17) is 0 Å². The minimum absolute atomic E-state index is 0. The average molecular weight is 301 g/mol. The second kappa shape index (κ2) is 12.8. The van der Waals surface area contributed by atoms with Crippen molar-refractivity contribution in [3.63, 3.8) is 0 Å². The van der Waals surface area contributed by atoms with Gasteiger partial charge in [-0.1, -0.05) is 71.3 Å². The Morgan fingerprint density at radius 2 is 0.944 bits per heavy atom. The second-order valence-corrected chi connectivity index (χ2v) is 4.99. The summed E-state index contributed by atoms with van der Waals surface area (Å²) in [5, 5.41) is 2.66. The van der Waals surface area contributed by atoms with E-state index >= 15 is 0 Å². The van der Waals surface area contributed by atoms with Crippen LogP contribution >= 0.6 is 7.92 Å². The van der Waals surface area contributed by atoms with Gasteiger partial charge in [0.2, 0.25) is 0 Å². The number of benzene rings is 2. The van der Waals surface area contributed by atoms with Crippen molar-refractivity contribution in [3.05, 3.63) is 67.3 Å². The van der Waals surface area contributed by atoms with Gasteiger partial charge in [0, 0.05) is 0 Å². The number of halogens is 2. The Balaban J connectivity index is -0.000000562. The van der Waals surface area contributed by atoms with Crippen LogP contribution in [0.1, 0.15) is 0 Å². The van der Waals surface area contributed by atoms with Gasteiger partial charge in [0.15, 0.2) is 0 Å². The minimum atomic E-state index is -0.421. The van der Waals surface area contributed by atoms with E-state index in [0.717, 1.165) is 0 Å². The molecule has 0 unspecified atom stereocenters. The third-order valence-electron chi connectivity index (χ3n) is 2.14. The van der Waals surface area contributed by atoms with Crippen molar-refractivity contribution in [2.45, 2.75) is 0 Å². The van der Waals surface area contributed by atoms with Crippen molar-refractivity contribution in [2.75, 3.05) is 0 Å². The molecule has 2 rings (SSSR count). The van der Waals surface area contributed by atoms with Crippen LogP contribution in [-0.2, 0) is 0 Å². The summed E-state index contributed by atoms with van der Waals surface area (Å²) in [6.07, 6.45) is 0. The second-order valence-electron chi connectivity index (χ2n) is 3.10. The van der Waals surface area contributed by atoms with E-state index in [2.05, 4.69) is 55.2 Å². The van der Waals surface area contributed by atoms with Crippen LogP contribution < -0.4 is 54.3 Å². The maximum atomic E-state index is 4.24. The van der Waals surface area contributed by atoms with Gasteiger partial charge in [0.1, 0.15) is 0 Å². The fourth-order valence-corrected chi connectivity index (χ4v) is 2.73. The Morgan fingerprint density at radius 1 is 0.667 bits per heavy atom. The fraction of sp³-hybridized carbons (Fsp3) is 0. The molecule has 0 N–H and O–H groups in total. The van der Waals surface area contributed by atoms with E-state index in [1.165, 1.54) is 10.6 Å². The predicted octanol–water partition coefficient (Wildman–Crippen LogP) is -6.46. The summed E-state index contributed by atoms with van der Waals surface area (Å²) in [7, 11) is -0.421. The molecule has 0 aliphatic rings. The van der Waals surface area contributed by atoms with E-state index in [-0.39, 0.29) is 66.7 Å². The normalized spacial score (nSPS) is 8.11. The van der Waals surface area contributed by atoms with Gasteiger partial charge in [0.05, 0.1) is 0 Å². The first kappa shape index (κ1) is 23.9. The van der Waals surface area contributed by atoms with Crippen LogP contribution in [-0.4, -0.2) is 23.1 Å². The molecule has 0 aliphatic heterocycles. The van der Waals surface area contributed by atoms with E-state index < -0.39 is 7.92 Å². The summed E-state index contributed by atoms with van der Waals surface area (Å²) in [5.74, 6) is 0. The van der Waals surface area contributed by atoms with Crippen molar-refractivity contribution in [3.8, 4) is 0 Å². The van der Waals surface area contributed by atoms with Crippen LogP contribution in [0.4, 0.5) is 0 Å². The van der Waals surface area contributed by atoms with Gasteiger partial charge in [-0.15, -0.1) is 0 Å². The van der Waals surface area contributed by atoms with Crippen molar-refractivity contribution in [2.24, 2.45) is 0 Å². The van der Waals surface area contributed by atoms with Crippen molar-refractivity contribution < 1.29 is 43.7 Å². The molecule has 86 valence electrons. The third-order valence-corrected chi connectivity index (χ3v) is 3.98. The van der Waals surface area contributed by atoms with Gasteiger partial charge >= 0.3 is 41.9 Å². The molecule has 0 spiro atoms. The molecule has 0 nitrogen and oxygen atoms in total. The molecule has 5 heteroatoms. The molecular formula is C13H12Cl2LiMgP. The summed E-state index contributed by atoms with van der Waals surface area (Å²) >= 11 is 0. The van der Waals surface area contributed by atoms with Gasteiger partial charge < -0.3 is 31.5 Å². The van der Waals surface area contributed by atoms with Crippen molar-refractivity contribution >= 4 is 41.6 Å². The van der Waals surface area contributed by atoms with Gasteiger partial charge in [-0.25, -0.2) is 7.92 Å². The summed E-state index contributed by atoms with van der Waals surface area (Å²) in [5.41, 5.74) is 0. The first-order valence-corrected chi connectivity index (χ1v) is 6.11. The van der Waals surface area contributed by atoms with E-state index in [1.54, 1.807) is 0 Å². The molecule has 2 aromatic carbocycles. The predicted molar refractivity (Wildman–Crippen MR) is 70.2 cm³/mol. The summed E-state index contributed by atoms with van der Waals surface area (Å²) in [6, 6.07) is 20.9. The van der Waals surface area contributed by atoms with Crippen LogP contribution in [0.3, 0.4) is 0 Å². The topological polar surface area (TPSA) is 0 Å². The molecular weight excluding hydrogens is 289 g/mol. The summed E-state index contributed by atoms with van der Waals surface area (Å²) < 4.78 is 0. The molecule has 0 amide bonds. The Hall–Kier alpha value is 0.814. The molecule has 0 aromatic heterocycles. The molecule has 0 heterocycles. The summed E-state index contributed by atoms with van der Waals surface area (Å²) in [4.78, 5) is 0. The van der Waals surface area contributed by atoms with Gasteiger partial charge in [-0.05, 0) is 0 Å². The van der Waals surface area contributed by atoms with Crippen LogP contribution in [0.2, 0.25) is 0 Å². The number of hydrogen-bond donors (Lipinski definition) is 0. The molecule has 2 aromatic rings. The van der Waals surface area contributed by atoms with Crippen molar-refractivity contribution in [1.82, 2.24) is 0 Å². The molecule has 0 radical (unpaired) electrons. The van der Waals surface area contributed by atoms with Crippen LogP contribution in [0.15, 0.2) is 60.7 Å². The van der Waals surface area contributed by atoms with Crippen LogP contribution in [0.25, 0.3) is 0 Å². The van der Waals surface area contributed by atoms with Crippen molar-refractivity contribution in [1.29, 1.82) is 0 Å². The quantitative estimate of drug-likeness (QED) is 0.294. The molecule has 0 atom stereocenters. The maximum Gasteiger partial charge on any atom is 2.00 e. The smallest absolute Gasteiger partial charge is 1.00 e. The Kier molecular flexibility index (Phi) is 17.0. The molecule has 18 heavy (non-hydrogen) atoms. The third kappa shape index (κ3) is 6.83.